The van der Waals surface area contributed by atoms with Crippen molar-refractivity contribution in [2.45, 2.75) is 20.4 Å². The molecule has 0 saturated carbocycles. The molecule has 0 aliphatic carbocycles. The number of hydrogen-bond acceptors (Lipinski definition) is 1. The van der Waals surface area contributed by atoms with Crippen molar-refractivity contribution in [3.63, 3.8) is 0 Å². The minimum atomic E-state index is 0.131. The predicted octanol–water partition coefficient (Wildman–Crippen LogP) is 2.05. The van der Waals surface area contributed by atoms with Gasteiger partial charge in [0.25, 0.3) is 0 Å². The van der Waals surface area contributed by atoms with Crippen molar-refractivity contribution in [2.24, 2.45) is 0 Å². The molecule has 0 saturated heterocycles. The minimum absolute atomic E-state index is 0.131. The molecular formula is C11H15NO. The molecule has 0 aromatic heterocycles. The van der Waals surface area contributed by atoms with Crippen LogP contribution in [0.5, 0.6) is 0 Å². The summed E-state index contributed by atoms with van der Waals surface area (Å²) < 4.78 is 0. The van der Waals surface area contributed by atoms with E-state index in [0.29, 0.717) is 6.54 Å². The fourth-order valence-corrected chi connectivity index (χ4v) is 1.25. The van der Waals surface area contributed by atoms with Gasteiger partial charge in [-0.05, 0) is 12.5 Å². The highest BCUT2D eigenvalue weighted by Gasteiger charge is 2.05. The van der Waals surface area contributed by atoms with Crippen LogP contribution in [0.1, 0.15) is 19.4 Å². The maximum absolute atomic E-state index is 11.1. The Hall–Kier alpha value is -1.31. The topological polar surface area (TPSA) is 20.3 Å². The second-order valence-corrected chi connectivity index (χ2v) is 3.02. The van der Waals surface area contributed by atoms with E-state index in [4.69, 9.17) is 0 Å². The summed E-state index contributed by atoms with van der Waals surface area (Å²) in [6.45, 7) is 5.08. The van der Waals surface area contributed by atoms with Crippen LogP contribution in [0.4, 0.5) is 0 Å². The Bertz CT molecular complexity index is 269. The summed E-state index contributed by atoms with van der Waals surface area (Å²) in [5, 5.41) is 0. The van der Waals surface area contributed by atoms with E-state index in [0.717, 1.165) is 6.54 Å². The molecule has 2 heteroatoms. The van der Waals surface area contributed by atoms with Crippen LogP contribution in [-0.4, -0.2) is 17.4 Å². The number of carbonyl (C=O) groups excluding carboxylic acids is 1. The summed E-state index contributed by atoms with van der Waals surface area (Å²) in [7, 11) is 0. The number of rotatable bonds is 3. The number of carbonyl (C=O) groups is 1. The molecule has 1 aromatic carbocycles. The van der Waals surface area contributed by atoms with Crippen molar-refractivity contribution in [3.05, 3.63) is 35.9 Å². The Kier molecular flexibility index (Phi) is 3.50. The highest BCUT2D eigenvalue weighted by Crippen LogP contribution is 2.03. The van der Waals surface area contributed by atoms with E-state index in [1.165, 1.54) is 5.56 Å². The highest BCUT2D eigenvalue weighted by molar-refractivity contribution is 5.73. The molecule has 0 N–H and O–H groups in total. The van der Waals surface area contributed by atoms with Gasteiger partial charge >= 0.3 is 0 Å². The zero-order chi connectivity index (χ0) is 9.68. The second kappa shape index (κ2) is 4.65. The standard InChI is InChI=1S/C11H15NO/c1-3-12(10(2)13)9-11-7-5-4-6-8-11/h4-8H,3,9H2,1-2H3. The van der Waals surface area contributed by atoms with Gasteiger partial charge in [-0.25, -0.2) is 0 Å². The van der Waals surface area contributed by atoms with E-state index in [1.807, 2.05) is 42.2 Å². The SMILES string of the molecule is CCN(Cc1ccccc1)C(C)=O. The van der Waals surface area contributed by atoms with Crippen LogP contribution in [0.3, 0.4) is 0 Å². The zero-order valence-electron chi connectivity index (χ0n) is 8.16. The number of amides is 1. The molecule has 2 nitrogen and oxygen atoms in total. The predicted molar refractivity (Wildman–Crippen MR) is 53.2 cm³/mol. The summed E-state index contributed by atoms with van der Waals surface area (Å²) in [5.41, 5.74) is 1.18. The molecule has 0 unspecified atom stereocenters. The van der Waals surface area contributed by atoms with Crippen LogP contribution in [0.2, 0.25) is 0 Å². The first kappa shape index (κ1) is 9.78. The van der Waals surface area contributed by atoms with Crippen LogP contribution >= 0.6 is 0 Å². The molecule has 1 amide bonds. The Labute approximate surface area is 79.2 Å². The van der Waals surface area contributed by atoms with Crippen LogP contribution in [-0.2, 0) is 11.3 Å². The molecule has 0 atom stereocenters. The zero-order valence-corrected chi connectivity index (χ0v) is 8.16. The lowest BCUT2D eigenvalue weighted by Gasteiger charge is -2.18. The van der Waals surface area contributed by atoms with Gasteiger partial charge in [-0.1, -0.05) is 30.3 Å². The van der Waals surface area contributed by atoms with Gasteiger partial charge in [0.05, 0.1) is 0 Å². The minimum Gasteiger partial charge on any atom is -0.339 e. The van der Waals surface area contributed by atoms with Gasteiger partial charge < -0.3 is 4.90 Å². The second-order valence-electron chi connectivity index (χ2n) is 3.02. The van der Waals surface area contributed by atoms with Crippen LogP contribution in [0.15, 0.2) is 30.3 Å². The highest BCUT2D eigenvalue weighted by atomic mass is 16.2. The maximum atomic E-state index is 11.1. The summed E-state index contributed by atoms with van der Waals surface area (Å²) in [6.07, 6.45) is 0. The largest absolute Gasteiger partial charge is 0.339 e. The van der Waals surface area contributed by atoms with Gasteiger partial charge in [0.1, 0.15) is 0 Å². The monoisotopic (exact) mass is 177 g/mol. The molecule has 1 rings (SSSR count). The normalized spacial score (nSPS) is 9.69. The van der Waals surface area contributed by atoms with Gasteiger partial charge in [0.15, 0.2) is 0 Å². The molecule has 70 valence electrons. The number of benzene rings is 1. The molecule has 0 radical (unpaired) electrons. The first-order valence-corrected chi connectivity index (χ1v) is 4.53. The summed E-state index contributed by atoms with van der Waals surface area (Å²) in [4.78, 5) is 12.9. The lowest BCUT2D eigenvalue weighted by Crippen LogP contribution is -2.27. The maximum Gasteiger partial charge on any atom is 0.219 e. The number of nitrogens with zero attached hydrogens (tertiary/aromatic N) is 1. The lowest BCUT2D eigenvalue weighted by atomic mass is 10.2. The van der Waals surface area contributed by atoms with Crippen molar-refractivity contribution >= 4 is 5.91 Å². The van der Waals surface area contributed by atoms with E-state index >= 15 is 0 Å². The van der Waals surface area contributed by atoms with Gasteiger partial charge in [-0.15, -0.1) is 0 Å². The van der Waals surface area contributed by atoms with Crippen LogP contribution in [0.25, 0.3) is 0 Å². The summed E-state index contributed by atoms with van der Waals surface area (Å²) in [6, 6.07) is 10.0. The Morgan fingerprint density at radius 1 is 1.31 bits per heavy atom. The molecule has 0 bridgehead atoms. The average Bonchev–Trinajstić information content (AvgIpc) is 2.15. The van der Waals surface area contributed by atoms with Crippen LogP contribution in [0, 0.1) is 0 Å². The Morgan fingerprint density at radius 3 is 2.38 bits per heavy atom. The molecule has 0 fully saturated rings. The molecular weight excluding hydrogens is 162 g/mol. The Balaban J connectivity index is 2.62. The van der Waals surface area contributed by atoms with Crippen LogP contribution < -0.4 is 0 Å². The van der Waals surface area contributed by atoms with Gasteiger partial charge in [0.2, 0.25) is 5.91 Å². The molecule has 1 aromatic rings. The third-order valence-corrected chi connectivity index (χ3v) is 2.04. The average molecular weight is 177 g/mol. The van der Waals surface area contributed by atoms with E-state index in [-0.39, 0.29) is 5.91 Å². The third-order valence-electron chi connectivity index (χ3n) is 2.04. The van der Waals surface area contributed by atoms with Crippen molar-refractivity contribution in [2.75, 3.05) is 6.54 Å². The molecule has 0 aliphatic heterocycles. The Morgan fingerprint density at radius 2 is 1.92 bits per heavy atom. The fourth-order valence-electron chi connectivity index (χ4n) is 1.25. The van der Waals surface area contributed by atoms with E-state index in [1.54, 1.807) is 6.92 Å². The third kappa shape index (κ3) is 2.90. The van der Waals surface area contributed by atoms with Crippen molar-refractivity contribution in [3.8, 4) is 0 Å². The first-order valence-electron chi connectivity index (χ1n) is 4.53. The van der Waals surface area contributed by atoms with E-state index < -0.39 is 0 Å². The van der Waals surface area contributed by atoms with Gasteiger partial charge in [-0.2, -0.15) is 0 Å². The van der Waals surface area contributed by atoms with Crippen molar-refractivity contribution < 1.29 is 4.79 Å². The molecule has 13 heavy (non-hydrogen) atoms. The van der Waals surface area contributed by atoms with Gasteiger partial charge in [-0.3, -0.25) is 4.79 Å². The van der Waals surface area contributed by atoms with Gasteiger partial charge in [0, 0.05) is 20.0 Å². The van der Waals surface area contributed by atoms with E-state index in [2.05, 4.69) is 0 Å². The van der Waals surface area contributed by atoms with Crippen molar-refractivity contribution in [1.29, 1.82) is 0 Å². The smallest absolute Gasteiger partial charge is 0.219 e. The van der Waals surface area contributed by atoms with Crippen molar-refractivity contribution in [1.82, 2.24) is 4.90 Å². The fraction of sp³-hybridized carbons (Fsp3) is 0.364. The summed E-state index contributed by atoms with van der Waals surface area (Å²) in [5.74, 6) is 0.131. The molecule has 0 spiro atoms. The molecule has 0 heterocycles. The number of hydrogen-bond donors (Lipinski definition) is 0. The quantitative estimate of drug-likeness (QED) is 0.692. The van der Waals surface area contributed by atoms with E-state index in [9.17, 15) is 4.79 Å². The molecule has 0 aliphatic rings. The first-order chi connectivity index (χ1) is 6.24. The summed E-state index contributed by atoms with van der Waals surface area (Å²) >= 11 is 0. The lowest BCUT2D eigenvalue weighted by molar-refractivity contribution is -0.129.